The lowest BCUT2D eigenvalue weighted by Crippen LogP contribution is -2.19. The summed E-state index contributed by atoms with van der Waals surface area (Å²) in [5.74, 6) is -1.83. The van der Waals surface area contributed by atoms with Gasteiger partial charge in [-0.25, -0.2) is 4.39 Å². The molecule has 0 bridgehead atoms. The molecule has 4 heteroatoms. The highest BCUT2D eigenvalue weighted by Gasteiger charge is 2.43. The molecule has 2 atom stereocenters. The van der Waals surface area contributed by atoms with Crippen LogP contribution in [0.4, 0.5) is 4.39 Å². The van der Waals surface area contributed by atoms with E-state index < -0.39 is 11.8 Å². The molecule has 146 valence electrons. The van der Waals surface area contributed by atoms with Gasteiger partial charge in [-0.15, -0.1) is 0 Å². The Morgan fingerprint density at radius 2 is 1.64 bits per heavy atom. The molecule has 0 N–H and O–H groups in total. The Balaban J connectivity index is 1.66. The van der Waals surface area contributed by atoms with Crippen LogP contribution < -0.4 is 0 Å². The van der Waals surface area contributed by atoms with E-state index in [2.05, 4.69) is 0 Å². The van der Waals surface area contributed by atoms with Gasteiger partial charge in [0, 0.05) is 25.2 Å². The van der Waals surface area contributed by atoms with Crippen molar-refractivity contribution in [3.8, 4) is 0 Å². The van der Waals surface area contributed by atoms with Crippen LogP contribution in [0.1, 0.15) is 53.0 Å². The summed E-state index contributed by atoms with van der Waals surface area (Å²) in [7, 11) is 0. The van der Waals surface area contributed by atoms with E-state index in [9.17, 15) is 18.8 Å². The Labute approximate surface area is 165 Å². The zero-order valence-corrected chi connectivity index (χ0v) is 16.5. The quantitative estimate of drug-likeness (QED) is 0.689. The van der Waals surface area contributed by atoms with Crippen LogP contribution in [0.15, 0.2) is 36.4 Å². The molecule has 0 amide bonds. The fourth-order valence-corrected chi connectivity index (χ4v) is 4.29. The van der Waals surface area contributed by atoms with Gasteiger partial charge in [-0.2, -0.15) is 0 Å². The van der Waals surface area contributed by atoms with Crippen molar-refractivity contribution in [3.05, 3.63) is 70.0 Å². The van der Waals surface area contributed by atoms with Crippen LogP contribution in [0.5, 0.6) is 0 Å². The first-order valence-electron chi connectivity index (χ1n) is 9.66. The van der Waals surface area contributed by atoms with Crippen LogP contribution >= 0.6 is 0 Å². The number of hydrogen-bond acceptors (Lipinski definition) is 3. The third-order valence-electron chi connectivity index (χ3n) is 5.56. The van der Waals surface area contributed by atoms with Crippen LogP contribution in [0, 0.1) is 32.5 Å². The predicted octanol–water partition coefficient (Wildman–Crippen LogP) is 4.58. The van der Waals surface area contributed by atoms with Gasteiger partial charge in [0.15, 0.2) is 5.78 Å². The summed E-state index contributed by atoms with van der Waals surface area (Å²) >= 11 is 0. The zero-order valence-electron chi connectivity index (χ0n) is 16.5. The van der Waals surface area contributed by atoms with E-state index in [1.54, 1.807) is 12.1 Å². The fraction of sp³-hybridized carbons (Fsp3) is 0.375. The van der Waals surface area contributed by atoms with E-state index in [-0.39, 0.29) is 42.4 Å². The zero-order chi connectivity index (χ0) is 20.4. The Morgan fingerprint density at radius 3 is 2.25 bits per heavy atom. The Kier molecular flexibility index (Phi) is 5.87. The number of ketones is 3. The van der Waals surface area contributed by atoms with Crippen molar-refractivity contribution in [2.24, 2.45) is 5.92 Å². The van der Waals surface area contributed by atoms with Crippen molar-refractivity contribution < 1.29 is 18.8 Å². The van der Waals surface area contributed by atoms with Crippen LogP contribution in [0.3, 0.4) is 0 Å². The van der Waals surface area contributed by atoms with Crippen molar-refractivity contribution in [1.82, 2.24) is 0 Å². The van der Waals surface area contributed by atoms with Gasteiger partial charge in [-0.05, 0) is 61.6 Å². The topological polar surface area (TPSA) is 51.2 Å². The first-order valence-corrected chi connectivity index (χ1v) is 9.66. The minimum atomic E-state index is -0.740. The molecule has 1 fully saturated rings. The smallest absolute Gasteiger partial charge is 0.151 e. The van der Waals surface area contributed by atoms with Gasteiger partial charge in [0.1, 0.15) is 23.3 Å². The standard InChI is InChI=1S/C24H25FO3/c1-14-10-15(2)22(16(3)11-14)23-21(27)13-18(24(23)28)12-20(26)9-6-17-4-7-19(25)8-5-17/h4-5,7-8,10-11,18,23H,6,9,12-13H2,1-3H3. The molecule has 3 rings (SSSR count). The second-order valence-corrected chi connectivity index (χ2v) is 7.88. The summed E-state index contributed by atoms with van der Waals surface area (Å²) in [6.07, 6.45) is 1.04. The molecule has 0 aromatic heterocycles. The minimum absolute atomic E-state index is 0.0338. The molecular weight excluding hydrogens is 355 g/mol. The van der Waals surface area contributed by atoms with Gasteiger partial charge in [0.2, 0.25) is 0 Å². The molecule has 3 nitrogen and oxygen atoms in total. The second-order valence-electron chi connectivity index (χ2n) is 7.88. The number of hydrogen-bond donors (Lipinski definition) is 0. The number of carbonyl (C=O) groups excluding carboxylic acids is 3. The first kappa shape index (κ1) is 20.1. The van der Waals surface area contributed by atoms with E-state index in [0.717, 1.165) is 27.8 Å². The van der Waals surface area contributed by atoms with Crippen molar-refractivity contribution in [3.63, 3.8) is 0 Å². The molecule has 2 aromatic carbocycles. The first-order chi connectivity index (χ1) is 13.3. The lowest BCUT2D eigenvalue weighted by atomic mass is 9.86. The van der Waals surface area contributed by atoms with Gasteiger partial charge in [-0.3, -0.25) is 14.4 Å². The normalized spacial score (nSPS) is 19.3. The Bertz CT molecular complexity index is 904. The number of carbonyl (C=O) groups is 3. The van der Waals surface area contributed by atoms with E-state index >= 15 is 0 Å². The van der Waals surface area contributed by atoms with E-state index in [0.29, 0.717) is 6.42 Å². The third kappa shape index (κ3) is 4.27. The monoisotopic (exact) mass is 380 g/mol. The number of benzene rings is 2. The lowest BCUT2D eigenvalue weighted by molar-refractivity contribution is -0.127. The van der Waals surface area contributed by atoms with Crippen molar-refractivity contribution in [1.29, 1.82) is 0 Å². The molecule has 2 aromatic rings. The van der Waals surface area contributed by atoms with Crippen molar-refractivity contribution in [2.45, 2.75) is 52.4 Å². The fourth-order valence-electron chi connectivity index (χ4n) is 4.29. The van der Waals surface area contributed by atoms with E-state index in [4.69, 9.17) is 0 Å². The van der Waals surface area contributed by atoms with Gasteiger partial charge < -0.3 is 0 Å². The number of aryl methyl sites for hydroxylation is 4. The van der Waals surface area contributed by atoms with Crippen LogP contribution in [0.2, 0.25) is 0 Å². The van der Waals surface area contributed by atoms with Gasteiger partial charge in [-0.1, -0.05) is 29.8 Å². The average Bonchev–Trinajstić information content (AvgIpc) is 2.88. The third-order valence-corrected chi connectivity index (χ3v) is 5.56. The maximum atomic E-state index is 13.0. The molecule has 0 aliphatic heterocycles. The molecule has 0 radical (unpaired) electrons. The molecule has 0 heterocycles. The Hall–Kier alpha value is -2.62. The Morgan fingerprint density at radius 1 is 1.04 bits per heavy atom. The summed E-state index contributed by atoms with van der Waals surface area (Å²) in [4.78, 5) is 37.9. The maximum absolute atomic E-state index is 13.0. The van der Waals surface area contributed by atoms with Gasteiger partial charge >= 0.3 is 0 Å². The van der Waals surface area contributed by atoms with Crippen molar-refractivity contribution >= 4 is 17.3 Å². The summed E-state index contributed by atoms with van der Waals surface area (Å²) in [6, 6.07) is 10.0. The molecule has 0 spiro atoms. The SMILES string of the molecule is Cc1cc(C)c(C2C(=O)CC(CC(=O)CCc3ccc(F)cc3)C2=O)c(C)c1. The van der Waals surface area contributed by atoms with Crippen LogP contribution in [0.25, 0.3) is 0 Å². The van der Waals surface area contributed by atoms with Crippen LogP contribution in [-0.2, 0) is 20.8 Å². The molecule has 1 aliphatic carbocycles. The summed E-state index contributed by atoms with van der Waals surface area (Å²) < 4.78 is 13.0. The molecule has 0 saturated heterocycles. The van der Waals surface area contributed by atoms with E-state index in [1.165, 1.54) is 12.1 Å². The molecular formula is C24H25FO3. The highest BCUT2D eigenvalue weighted by Crippen LogP contribution is 2.37. The number of rotatable bonds is 6. The number of Topliss-reactive ketones (excluding diaryl/α,β-unsaturated/α-hetero) is 3. The van der Waals surface area contributed by atoms with E-state index in [1.807, 2.05) is 32.9 Å². The summed E-state index contributed by atoms with van der Waals surface area (Å²) in [5, 5.41) is 0. The lowest BCUT2D eigenvalue weighted by Gasteiger charge is -2.16. The largest absolute Gasteiger partial charge is 0.300 e. The summed E-state index contributed by atoms with van der Waals surface area (Å²) in [5.41, 5.74) is 4.69. The average molecular weight is 380 g/mol. The maximum Gasteiger partial charge on any atom is 0.151 e. The molecule has 2 unspecified atom stereocenters. The van der Waals surface area contributed by atoms with Crippen LogP contribution in [-0.4, -0.2) is 17.3 Å². The van der Waals surface area contributed by atoms with Crippen molar-refractivity contribution in [2.75, 3.05) is 0 Å². The summed E-state index contributed by atoms with van der Waals surface area (Å²) in [6.45, 7) is 5.85. The molecule has 1 aliphatic rings. The number of halogens is 1. The molecule has 28 heavy (non-hydrogen) atoms. The second kappa shape index (κ2) is 8.17. The highest BCUT2D eigenvalue weighted by atomic mass is 19.1. The predicted molar refractivity (Wildman–Crippen MR) is 106 cm³/mol. The highest BCUT2D eigenvalue weighted by molar-refractivity contribution is 6.15. The van der Waals surface area contributed by atoms with Gasteiger partial charge in [0.05, 0.1) is 0 Å². The molecule has 1 saturated carbocycles. The minimum Gasteiger partial charge on any atom is -0.300 e. The van der Waals surface area contributed by atoms with Gasteiger partial charge in [0.25, 0.3) is 0 Å².